The van der Waals surface area contributed by atoms with Gasteiger partial charge in [-0.05, 0) is 60.0 Å². The molecule has 0 radical (unpaired) electrons. The zero-order valence-corrected chi connectivity index (χ0v) is 15.5. The predicted molar refractivity (Wildman–Crippen MR) is 108 cm³/mol. The number of hydrogen-bond donors (Lipinski definition) is 2. The van der Waals surface area contributed by atoms with Gasteiger partial charge in [-0.3, -0.25) is 0 Å². The molecule has 2 aliphatic heterocycles. The summed E-state index contributed by atoms with van der Waals surface area (Å²) in [6.45, 7) is 1.87. The molecule has 0 amide bonds. The van der Waals surface area contributed by atoms with E-state index in [1.54, 1.807) is 48.5 Å². The summed E-state index contributed by atoms with van der Waals surface area (Å²) < 4.78 is 11.0. The van der Waals surface area contributed by atoms with Crippen molar-refractivity contribution in [2.75, 3.05) is 11.5 Å². The molecule has 142 valence electrons. The van der Waals surface area contributed by atoms with Gasteiger partial charge in [0.1, 0.15) is 11.5 Å². The molecule has 0 saturated carbocycles. The second kappa shape index (κ2) is 5.97. The van der Waals surface area contributed by atoms with E-state index in [4.69, 9.17) is 20.9 Å². The van der Waals surface area contributed by atoms with Gasteiger partial charge in [0.2, 0.25) is 0 Å². The Bertz CT molecular complexity index is 1350. The van der Waals surface area contributed by atoms with Crippen molar-refractivity contribution in [3.05, 3.63) is 81.7 Å². The van der Waals surface area contributed by atoms with Crippen molar-refractivity contribution in [2.24, 2.45) is 0 Å². The molecule has 0 bridgehead atoms. The largest absolute Gasteiger partial charge is 0.422 e. The second-order valence-corrected chi connectivity index (χ2v) is 7.07. The van der Waals surface area contributed by atoms with E-state index in [-0.39, 0.29) is 0 Å². The number of rotatable bonds is 2. The van der Waals surface area contributed by atoms with Crippen molar-refractivity contribution in [3.8, 4) is 11.5 Å². The number of esters is 2. The summed E-state index contributed by atoms with van der Waals surface area (Å²) in [6.07, 6.45) is 0. The highest BCUT2D eigenvalue weighted by atomic mass is 16.5. The van der Waals surface area contributed by atoms with Gasteiger partial charge in [-0.25, -0.2) is 9.59 Å². The van der Waals surface area contributed by atoms with E-state index < -0.39 is 11.9 Å². The number of benzene rings is 3. The van der Waals surface area contributed by atoms with Crippen LogP contribution in [0.15, 0.2) is 54.6 Å². The maximum atomic E-state index is 12.6. The van der Waals surface area contributed by atoms with E-state index in [2.05, 4.69) is 0 Å². The first-order valence-electron chi connectivity index (χ1n) is 9.02. The molecule has 29 heavy (non-hydrogen) atoms. The lowest BCUT2D eigenvalue weighted by Gasteiger charge is -2.04. The second-order valence-electron chi connectivity index (χ2n) is 7.07. The van der Waals surface area contributed by atoms with E-state index >= 15 is 0 Å². The molecule has 5 rings (SSSR count). The van der Waals surface area contributed by atoms with Crippen LogP contribution in [0.4, 0.5) is 11.4 Å². The lowest BCUT2D eigenvalue weighted by Crippen LogP contribution is -2.11. The number of nitrogen functional groups attached to an aromatic ring is 2. The first-order chi connectivity index (χ1) is 13.9. The number of nitrogens with two attached hydrogens (primary N) is 2. The van der Waals surface area contributed by atoms with E-state index in [0.29, 0.717) is 55.6 Å². The molecule has 2 aliphatic rings. The van der Waals surface area contributed by atoms with E-state index in [9.17, 15) is 9.59 Å². The Balaban J connectivity index is 1.76. The molecule has 0 spiro atoms. The van der Waals surface area contributed by atoms with E-state index in [0.717, 1.165) is 5.56 Å². The minimum absolute atomic E-state index is 0.392. The van der Waals surface area contributed by atoms with Crippen LogP contribution < -0.4 is 31.4 Å². The van der Waals surface area contributed by atoms with Gasteiger partial charge in [0.05, 0.1) is 11.1 Å². The maximum Gasteiger partial charge on any atom is 0.344 e. The summed E-state index contributed by atoms with van der Waals surface area (Å²) >= 11 is 0. The van der Waals surface area contributed by atoms with Gasteiger partial charge < -0.3 is 20.9 Å². The summed E-state index contributed by atoms with van der Waals surface area (Å²) in [5.41, 5.74) is 16.0. The first kappa shape index (κ1) is 17.1. The summed E-state index contributed by atoms with van der Waals surface area (Å²) in [7, 11) is 0. The minimum atomic E-state index is -0.454. The number of carbonyl (C=O) groups excluding carboxylic acids is 2. The molecular formula is C23H16N2O4. The fourth-order valence-corrected chi connectivity index (χ4v) is 3.67. The quantitative estimate of drug-likeness (QED) is 0.393. The number of hydrogen-bond acceptors (Lipinski definition) is 6. The number of carbonyl (C=O) groups is 2. The van der Waals surface area contributed by atoms with Crippen LogP contribution in [0.2, 0.25) is 0 Å². The van der Waals surface area contributed by atoms with Crippen LogP contribution in [0.1, 0.15) is 16.7 Å². The highest BCUT2D eigenvalue weighted by molar-refractivity contribution is 6.21. The van der Waals surface area contributed by atoms with Crippen LogP contribution in [-0.2, 0) is 9.59 Å². The fourth-order valence-electron chi connectivity index (χ4n) is 3.67. The monoisotopic (exact) mass is 384 g/mol. The highest BCUT2D eigenvalue weighted by Crippen LogP contribution is 2.28. The molecule has 6 nitrogen and oxygen atoms in total. The van der Waals surface area contributed by atoms with Gasteiger partial charge in [-0.2, -0.15) is 0 Å². The first-order valence-corrected chi connectivity index (χ1v) is 9.02. The summed E-state index contributed by atoms with van der Waals surface area (Å²) in [4.78, 5) is 25.1. The highest BCUT2D eigenvalue weighted by Gasteiger charge is 2.30. The number of ether oxygens (including phenoxy) is 2. The molecule has 3 aromatic rings. The Morgan fingerprint density at radius 3 is 1.76 bits per heavy atom. The van der Waals surface area contributed by atoms with Gasteiger partial charge in [-0.1, -0.05) is 18.2 Å². The predicted octanol–water partition coefficient (Wildman–Crippen LogP) is 1.40. The molecule has 4 N–H and O–H groups in total. The molecule has 0 aliphatic carbocycles. The standard InChI is InChI=1S/C23H16N2O4/c1-11-8-13(4-7-17(11)25)21-16-10-18-15(9-19(16)29-23(21)27)20(22(26)28-18)12-2-5-14(24)6-3-12/h2-10H,24-25H2,1H3. The SMILES string of the molecule is Cc1cc(C2=c3cc4c(cc3OC2=O)=C(c2ccc(N)cc2)C(=O)O4)ccc1N. The average Bonchev–Trinajstić information content (AvgIpc) is 3.17. The van der Waals surface area contributed by atoms with Crippen molar-refractivity contribution >= 4 is 34.5 Å². The molecule has 0 atom stereocenters. The van der Waals surface area contributed by atoms with Crippen molar-refractivity contribution < 1.29 is 19.1 Å². The molecule has 6 heteroatoms. The van der Waals surface area contributed by atoms with Gasteiger partial charge in [0.25, 0.3) is 0 Å². The maximum absolute atomic E-state index is 12.6. The number of anilines is 2. The molecule has 2 heterocycles. The topological polar surface area (TPSA) is 105 Å². The molecule has 0 fully saturated rings. The third-order valence-corrected chi connectivity index (χ3v) is 5.19. The fraction of sp³-hybridized carbons (Fsp3) is 0.0435. The van der Waals surface area contributed by atoms with Crippen molar-refractivity contribution in [3.63, 3.8) is 0 Å². The lowest BCUT2D eigenvalue weighted by atomic mass is 10.00. The summed E-state index contributed by atoms with van der Waals surface area (Å²) in [5.74, 6) is -0.120. The van der Waals surface area contributed by atoms with Crippen LogP contribution >= 0.6 is 0 Å². The Morgan fingerprint density at radius 2 is 1.21 bits per heavy atom. The van der Waals surface area contributed by atoms with Gasteiger partial charge in [0.15, 0.2) is 0 Å². The van der Waals surface area contributed by atoms with Gasteiger partial charge in [-0.15, -0.1) is 0 Å². The average molecular weight is 384 g/mol. The van der Waals surface area contributed by atoms with Crippen LogP contribution in [-0.4, -0.2) is 11.9 Å². The Morgan fingerprint density at radius 1 is 0.690 bits per heavy atom. The van der Waals surface area contributed by atoms with Gasteiger partial charge >= 0.3 is 11.9 Å². The Kier molecular flexibility index (Phi) is 3.51. The molecular weight excluding hydrogens is 368 g/mol. The molecule has 0 saturated heterocycles. The van der Waals surface area contributed by atoms with Crippen LogP contribution in [0.3, 0.4) is 0 Å². The number of aryl methyl sites for hydroxylation is 1. The number of fused-ring (bicyclic) bond motifs is 2. The van der Waals surface area contributed by atoms with Gasteiger partial charge in [0, 0.05) is 21.8 Å². The van der Waals surface area contributed by atoms with Crippen molar-refractivity contribution in [2.45, 2.75) is 6.92 Å². The third kappa shape index (κ3) is 2.57. The van der Waals surface area contributed by atoms with E-state index in [1.165, 1.54) is 0 Å². The minimum Gasteiger partial charge on any atom is -0.422 e. The zero-order valence-electron chi connectivity index (χ0n) is 15.5. The summed E-state index contributed by atoms with van der Waals surface area (Å²) in [6, 6.07) is 15.7. The Hall–Kier alpha value is -4.06. The smallest absolute Gasteiger partial charge is 0.344 e. The lowest BCUT2D eigenvalue weighted by molar-refractivity contribution is -0.128. The molecule has 3 aromatic carbocycles. The summed E-state index contributed by atoms with van der Waals surface area (Å²) in [5, 5.41) is 1.17. The zero-order chi connectivity index (χ0) is 20.3. The third-order valence-electron chi connectivity index (χ3n) is 5.19. The van der Waals surface area contributed by atoms with Crippen LogP contribution in [0.25, 0.3) is 11.1 Å². The normalized spacial score (nSPS) is 14.5. The van der Waals surface area contributed by atoms with E-state index in [1.807, 2.05) is 13.0 Å². The molecule has 0 aromatic heterocycles. The van der Waals surface area contributed by atoms with Crippen molar-refractivity contribution in [1.82, 2.24) is 0 Å². The Labute approximate surface area is 165 Å². The van der Waals surface area contributed by atoms with Crippen molar-refractivity contribution in [1.29, 1.82) is 0 Å². The molecule has 0 unspecified atom stereocenters. The van der Waals surface area contributed by atoms with Crippen LogP contribution in [0, 0.1) is 6.92 Å². The van der Waals surface area contributed by atoms with Crippen LogP contribution in [0.5, 0.6) is 11.5 Å².